The fourth-order valence-electron chi connectivity index (χ4n) is 1.12. The Hall–Kier alpha value is 0.137. The van der Waals surface area contributed by atoms with Crippen molar-refractivity contribution in [1.29, 1.82) is 0 Å². The molecule has 92 valence electrons. The maximum absolute atomic E-state index is 9.07. The largest absolute Gasteiger partial charge is 0.417 e. The lowest BCUT2D eigenvalue weighted by Gasteiger charge is -2.36. The summed E-state index contributed by atoms with van der Waals surface area (Å²) in [5, 5.41) is 9.36. The van der Waals surface area contributed by atoms with Crippen LogP contribution in [0.4, 0.5) is 0 Å². The molecule has 0 fully saturated rings. The second-order valence-electron chi connectivity index (χ2n) is 5.85. The van der Waals surface area contributed by atoms with E-state index in [1.807, 2.05) is 0 Å². The molecule has 0 amide bonds. The minimum absolute atomic E-state index is 0.286. The van der Waals surface area contributed by atoms with Crippen LogP contribution in [0.15, 0.2) is 0 Å². The summed E-state index contributed by atoms with van der Waals surface area (Å²) in [5.74, 6) is 0.412. The minimum Gasteiger partial charge on any atom is -0.417 e. The highest BCUT2D eigenvalue weighted by molar-refractivity contribution is 6.74. The van der Waals surface area contributed by atoms with Gasteiger partial charge in [0.1, 0.15) is 0 Å². The molecular formula is C12H28O2Si. The molecule has 15 heavy (non-hydrogen) atoms. The van der Waals surface area contributed by atoms with Crippen LogP contribution in [0, 0.1) is 5.92 Å². The van der Waals surface area contributed by atoms with Gasteiger partial charge in [0, 0.05) is 13.2 Å². The van der Waals surface area contributed by atoms with E-state index < -0.39 is 8.32 Å². The van der Waals surface area contributed by atoms with Crippen LogP contribution in [0.3, 0.4) is 0 Å². The van der Waals surface area contributed by atoms with Crippen LogP contribution in [0.2, 0.25) is 18.1 Å². The van der Waals surface area contributed by atoms with Gasteiger partial charge >= 0.3 is 0 Å². The molecule has 0 aliphatic carbocycles. The van der Waals surface area contributed by atoms with E-state index in [2.05, 4.69) is 40.8 Å². The highest BCUT2D eigenvalue weighted by Crippen LogP contribution is 2.36. The van der Waals surface area contributed by atoms with Crippen LogP contribution in [-0.2, 0) is 4.43 Å². The normalized spacial score (nSPS) is 15.4. The summed E-state index contributed by atoms with van der Waals surface area (Å²) in [6.45, 7) is 14.5. The van der Waals surface area contributed by atoms with Gasteiger partial charge in [-0.3, -0.25) is 0 Å². The highest BCUT2D eigenvalue weighted by atomic mass is 28.4. The van der Waals surface area contributed by atoms with Crippen LogP contribution >= 0.6 is 0 Å². The van der Waals surface area contributed by atoms with Gasteiger partial charge in [-0.1, -0.05) is 34.1 Å². The van der Waals surface area contributed by atoms with E-state index in [9.17, 15) is 0 Å². The third kappa shape index (κ3) is 5.14. The van der Waals surface area contributed by atoms with E-state index >= 15 is 0 Å². The zero-order valence-electron chi connectivity index (χ0n) is 11.3. The van der Waals surface area contributed by atoms with Crippen molar-refractivity contribution >= 4 is 8.32 Å². The van der Waals surface area contributed by atoms with Crippen molar-refractivity contribution in [2.75, 3.05) is 13.2 Å². The highest BCUT2D eigenvalue weighted by Gasteiger charge is 2.36. The van der Waals surface area contributed by atoms with Crippen molar-refractivity contribution < 1.29 is 9.53 Å². The Balaban J connectivity index is 3.95. The Morgan fingerprint density at radius 1 is 1.27 bits per heavy atom. The smallest absolute Gasteiger partial charge is 0.191 e. The van der Waals surface area contributed by atoms with Crippen molar-refractivity contribution in [3.8, 4) is 0 Å². The van der Waals surface area contributed by atoms with E-state index in [1.165, 1.54) is 0 Å². The number of hydrogen-bond donors (Lipinski definition) is 1. The van der Waals surface area contributed by atoms with Crippen LogP contribution in [0.5, 0.6) is 0 Å². The lowest BCUT2D eigenvalue weighted by Crippen LogP contribution is -2.41. The zero-order valence-corrected chi connectivity index (χ0v) is 12.3. The number of hydrogen-bond acceptors (Lipinski definition) is 2. The molecule has 0 aromatic rings. The third-order valence-corrected chi connectivity index (χ3v) is 8.17. The molecule has 0 spiro atoms. The minimum atomic E-state index is -1.58. The predicted molar refractivity (Wildman–Crippen MR) is 68.6 cm³/mol. The number of aliphatic hydroxyl groups is 1. The van der Waals surface area contributed by atoms with Crippen LogP contribution in [0.25, 0.3) is 0 Å². The Morgan fingerprint density at radius 3 is 2.13 bits per heavy atom. The van der Waals surface area contributed by atoms with Gasteiger partial charge in [0.2, 0.25) is 0 Å². The maximum Gasteiger partial charge on any atom is 0.191 e. The second kappa shape index (κ2) is 6.02. The van der Waals surface area contributed by atoms with Gasteiger partial charge in [0.25, 0.3) is 0 Å². The summed E-state index contributed by atoms with van der Waals surface area (Å²) in [4.78, 5) is 0. The molecular weight excluding hydrogens is 204 g/mol. The van der Waals surface area contributed by atoms with Crippen molar-refractivity contribution in [2.45, 2.75) is 58.7 Å². The summed E-state index contributed by atoms with van der Waals surface area (Å²) in [7, 11) is -1.58. The summed E-state index contributed by atoms with van der Waals surface area (Å²) in [5.41, 5.74) is 0. The Bertz CT molecular complexity index is 169. The first-order chi connectivity index (χ1) is 6.74. The first kappa shape index (κ1) is 15.1. The van der Waals surface area contributed by atoms with Crippen molar-refractivity contribution in [3.05, 3.63) is 0 Å². The molecule has 0 aliphatic heterocycles. The van der Waals surface area contributed by atoms with Gasteiger partial charge in [-0.15, -0.1) is 0 Å². The van der Waals surface area contributed by atoms with Gasteiger partial charge < -0.3 is 9.53 Å². The topological polar surface area (TPSA) is 29.5 Å². The molecule has 0 saturated carbocycles. The Labute approximate surface area is 96.2 Å². The molecule has 0 aromatic heterocycles. The lowest BCUT2D eigenvalue weighted by atomic mass is 10.1. The van der Waals surface area contributed by atoms with Crippen LogP contribution < -0.4 is 0 Å². The third-order valence-electron chi connectivity index (χ3n) is 3.63. The van der Waals surface area contributed by atoms with Gasteiger partial charge in [0.15, 0.2) is 8.32 Å². The molecule has 1 atom stereocenters. The molecule has 0 heterocycles. The van der Waals surface area contributed by atoms with Gasteiger partial charge in [-0.05, 0) is 30.5 Å². The fourth-order valence-corrected chi connectivity index (χ4v) is 2.18. The van der Waals surface area contributed by atoms with Gasteiger partial charge in [-0.25, -0.2) is 0 Å². The van der Waals surface area contributed by atoms with Crippen molar-refractivity contribution in [1.82, 2.24) is 0 Å². The molecule has 1 N–H and O–H groups in total. The molecule has 0 bridgehead atoms. The summed E-state index contributed by atoms with van der Waals surface area (Å²) in [6, 6.07) is 0. The molecule has 0 rings (SSSR count). The molecule has 0 aromatic carbocycles. The molecule has 0 radical (unpaired) electrons. The molecule has 2 nitrogen and oxygen atoms in total. The zero-order chi connectivity index (χ0) is 12.1. The monoisotopic (exact) mass is 232 g/mol. The van der Waals surface area contributed by atoms with Crippen LogP contribution in [-0.4, -0.2) is 26.6 Å². The van der Waals surface area contributed by atoms with Crippen LogP contribution in [0.1, 0.15) is 40.5 Å². The summed E-state index contributed by atoms with van der Waals surface area (Å²) >= 11 is 0. The van der Waals surface area contributed by atoms with Gasteiger partial charge in [0.05, 0.1) is 0 Å². The SMILES string of the molecule is CC[C@@H](CO)CCO[Si](C)(C)C(C)(C)C. The first-order valence-electron chi connectivity index (χ1n) is 5.99. The molecule has 0 unspecified atom stereocenters. The van der Waals surface area contributed by atoms with Crippen molar-refractivity contribution in [2.24, 2.45) is 5.92 Å². The van der Waals surface area contributed by atoms with E-state index in [-0.39, 0.29) is 11.6 Å². The summed E-state index contributed by atoms with van der Waals surface area (Å²) < 4.78 is 6.06. The fraction of sp³-hybridized carbons (Fsp3) is 1.00. The van der Waals surface area contributed by atoms with Crippen molar-refractivity contribution in [3.63, 3.8) is 0 Å². The number of rotatable bonds is 6. The summed E-state index contributed by atoms with van der Waals surface area (Å²) in [6.07, 6.45) is 2.02. The predicted octanol–water partition coefficient (Wildman–Crippen LogP) is 3.42. The molecule has 3 heteroatoms. The van der Waals surface area contributed by atoms with Gasteiger partial charge in [-0.2, -0.15) is 0 Å². The molecule has 0 saturated heterocycles. The van der Waals surface area contributed by atoms with E-state index in [1.54, 1.807) is 0 Å². The lowest BCUT2D eigenvalue weighted by molar-refractivity contribution is 0.182. The second-order valence-corrected chi connectivity index (χ2v) is 10.7. The molecule has 0 aliphatic rings. The van der Waals surface area contributed by atoms with E-state index in [0.717, 1.165) is 19.4 Å². The number of aliphatic hydroxyl groups excluding tert-OH is 1. The standard InChI is InChI=1S/C12H28O2Si/c1-7-11(10-13)8-9-14-15(5,6)12(2,3)4/h11,13H,7-10H2,1-6H3/t11-/m1/s1. The Morgan fingerprint density at radius 2 is 1.80 bits per heavy atom. The first-order valence-corrected chi connectivity index (χ1v) is 8.90. The average Bonchev–Trinajstić information content (AvgIpc) is 2.10. The average molecular weight is 232 g/mol. The quantitative estimate of drug-likeness (QED) is 0.711. The Kier molecular flexibility index (Phi) is 6.07. The van der Waals surface area contributed by atoms with E-state index in [4.69, 9.17) is 9.53 Å². The van der Waals surface area contributed by atoms with E-state index in [0.29, 0.717) is 5.92 Å². The maximum atomic E-state index is 9.07.